The summed E-state index contributed by atoms with van der Waals surface area (Å²) in [6.07, 6.45) is 1.38. The lowest BCUT2D eigenvalue weighted by molar-refractivity contribution is 0.154. The summed E-state index contributed by atoms with van der Waals surface area (Å²) in [5.74, 6) is -0.353. The van der Waals surface area contributed by atoms with Gasteiger partial charge in [-0.15, -0.1) is 0 Å². The van der Waals surface area contributed by atoms with Crippen molar-refractivity contribution in [1.29, 1.82) is 0 Å². The molecule has 2 rings (SSSR count). The van der Waals surface area contributed by atoms with Crippen LogP contribution in [0.2, 0.25) is 0 Å². The van der Waals surface area contributed by atoms with Crippen molar-refractivity contribution in [2.75, 3.05) is 18.0 Å². The molecule has 1 fully saturated rings. The minimum atomic E-state index is -0.353. The molecule has 1 aliphatic rings. The zero-order chi connectivity index (χ0) is 12.4. The highest BCUT2D eigenvalue weighted by atomic mass is 32.1. The molecule has 92 valence electrons. The van der Waals surface area contributed by atoms with Gasteiger partial charge in [-0.1, -0.05) is 12.2 Å². The maximum atomic E-state index is 13.2. The molecule has 1 aliphatic heterocycles. The number of nitrogens with two attached hydrogens (primary N) is 1. The summed E-state index contributed by atoms with van der Waals surface area (Å²) >= 11 is 4.93. The Morgan fingerprint density at radius 3 is 2.94 bits per heavy atom. The molecular weight excluding hydrogens is 239 g/mol. The van der Waals surface area contributed by atoms with E-state index in [1.807, 2.05) is 4.90 Å². The van der Waals surface area contributed by atoms with Gasteiger partial charge in [0.05, 0.1) is 6.10 Å². The molecule has 1 heterocycles. The van der Waals surface area contributed by atoms with Crippen LogP contribution in [-0.2, 0) is 0 Å². The fourth-order valence-electron chi connectivity index (χ4n) is 2.15. The van der Waals surface area contributed by atoms with E-state index in [1.54, 1.807) is 6.07 Å². The second kappa shape index (κ2) is 4.98. The number of aliphatic hydroxyl groups is 1. The molecule has 0 aromatic heterocycles. The van der Waals surface area contributed by atoms with Crippen LogP contribution in [0.3, 0.4) is 0 Å². The van der Waals surface area contributed by atoms with Crippen molar-refractivity contribution in [3.8, 4) is 0 Å². The third-order valence-corrected chi connectivity index (χ3v) is 3.18. The summed E-state index contributed by atoms with van der Waals surface area (Å²) in [7, 11) is 0. The van der Waals surface area contributed by atoms with Gasteiger partial charge in [0, 0.05) is 24.3 Å². The maximum absolute atomic E-state index is 13.2. The van der Waals surface area contributed by atoms with E-state index in [2.05, 4.69) is 0 Å². The average Bonchev–Trinajstić information content (AvgIpc) is 2.28. The Morgan fingerprint density at radius 1 is 1.53 bits per heavy atom. The number of hydrogen-bond acceptors (Lipinski definition) is 3. The van der Waals surface area contributed by atoms with E-state index in [1.165, 1.54) is 12.1 Å². The topological polar surface area (TPSA) is 49.5 Å². The number of rotatable bonds is 2. The Hall–Kier alpha value is -1.20. The van der Waals surface area contributed by atoms with Crippen molar-refractivity contribution in [2.24, 2.45) is 5.73 Å². The molecule has 1 unspecified atom stereocenters. The van der Waals surface area contributed by atoms with Gasteiger partial charge in [0.25, 0.3) is 0 Å². The lowest BCUT2D eigenvalue weighted by Crippen LogP contribution is -2.39. The van der Waals surface area contributed by atoms with Crippen LogP contribution in [0.15, 0.2) is 18.2 Å². The van der Waals surface area contributed by atoms with E-state index in [-0.39, 0.29) is 16.9 Å². The van der Waals surface area contributed by atoms with Crippen molar-refractivity contribution >= 4 is 22.9 Å². The molecule has 1 aromatic carbocycles. The number of benzene rings is 1. The second-order valence-corrected chi connectivity index (χ2v) is 4.71. The third-order valence-electron chi connectivity index (χ3n) is 2.96. The van der Waals surface area contributed by atoms with Gasteiger partial charge < -0.3 is 15.7 Å². The minimum Gasteiger partial charge on any atom is -0.391 e. The highest BCUT2D eigenvalue weighted by Crippen LogP contribution is 2.25. The van der Waals surface area contributed by atoms with Crippen molar-refractivity contribution in [2.45, 2.75) is 18.9 Å². The molecule has 0 radical (unpaired) electrons. The van der Waals surface area contributed by atoms with Gasteiger partial charge in [-0.25, -0.2) is 4.39 Å². The molecule has 3 nitrogen and oxygen atoms in total. The molecule has 0 amide bonds. The van der Waals surface area contributed by atoms with Gasteiger partial charge in [0.2, 0.25) is 0 Å². The first-order valence-electron chi connectivity index (χ1n) is 5.60. The third kappa shape index (κ3) is 2.73. The molecule has 1 aromatic rings. The first-order valence-corrected chi connectivity index (χ1v) is 6.01. The van der Waals surface area contributed by atoms with Crippen LogP contribution in [0.5, 0.6) is 0 Å². The van der Waals surface area contributed by atoms with E-state index in [0.717, 1.165) is 25.1 Å². The number of aliphatic hydroxyl groups excluding tert-OH is 1. The molecule has 5 heteroatoms. The molecule has 0 saturated carbocycles. The molecule has 0 aliphatic carbocycles. The Bertz CT molecular complexity index is 439. The van der Waals surface area contributed by atoms with Gasteiger partial charge in [-0.05, 0) is 31.0 Å². The first-order chi connectivity index (χ1) is 8.08. The van der Waals surface area contributed by atoms with Crippen LogP contribution >= 0.6 is 12.2 Å². The largest absolute Gasteiger partial charge is 0.391 e. The summed E-state index contributed by atoms with van der Waals surface area (Å²) in [5.41, 5.74) is 6.94. The zero-order valence-corrected chi connectivity index (χ0v) is 10.2. The number of anilines is 1. The van der Waals surface area contributed by atoms with E-state index in [4.69, 9.17) is 18.0 Å². The van der Waals surface area contributed by atoms with Crippen molar-refractivity contribution < 1.29 is 9.50 Å². The van der Waals surface area contributed by atoms with Gasteiger partial charge >= 0.3 is 0 Å². The van der Waals surface area contributed by atoms with E-state index >= 15 is 0 Å². The fraction of sp³-hybridized carbons (Fsp3) is 0.417. The predicted molar refractivity (Wildman–Crippen MR) is 69.7 cm³/mol. The Balaban J connectivity index is 2.33. The molecule has 1 atom stereocenters. The second-order valence-electron chi connectivity index (χ2n) is 4.27. The molecule has 0 bridgehead atoms. The van der Waals surface area contributed by atoms with Gasteiger partial charge in [0.15, 0.2) is 0 Å². The standard InChI is InChI=1S/C12H15FN2OS/c13-8-3-4-11(10(6-8)12(14)17)15-5-1-2-9(16)7-15/h3-4,6,9,16H,1-2,5,7H2,(H2,14,17). The predicted octanol–water partition coefficient (Wildman–Crippen LogP) is 1.42. The molecule has 3 N–H and O–H groups in total. The Kier molecular flexibility index (Phi) is 3.59. The minimum absolute atomic E-state index is 0.180. The summed E-state index contributed by atoms with van der Waals surface area (Å²) in [6.45, 7) is 1.37. The van der Waals surface area contributed by atoms with Gasteiger partial charge in [0.1, 0.15) is 10.8 Å². The molecular formula is C12H15FN2OS. The Morgan fingerprint density at radius 2 is 2.29 bits per heavy atom. The summed E-state index contributed by atoms with van der Waals surface area (Å²) in [4.78, 5) is 2.18. The van der Waals surface area contributed by atoms with Gasteiger partial charge in [-0.3, -0.25) is 0 Å². The molecule has 0 spiro atoms. The SMILES string of the molecule is NC(=S)c1cc(F)ccc1N1CCCC(O)C1. The van der Waals surface area contributed by atoms with E-state index < -0.39 is 0 Å². The van der Waals surface area contributed by atoms with Gasteiger partial charge in [-0.2, -0.15) is 0 Å². The maximum Gasteiger partial charge on any atom is 0.124 e. The van der Waals surface area contributed by atoms with Crippen molar-refractivity contribution in [1.82, 2.24) is 0 Å². The number of β-amino-alcohol motifs (C(OH)–C–C–N with tert-alkyl or cyclic N) is 1. The number of hydrogen-bond donors (Lipinski definition) is 2. The number of nitrogens with zero attached hydrogens (tertiary/aromatic N) is 1. The summed E-state index contributed by atoms with van der Waals surface area (Å²) in [5, 5.41) is 9.65. The Labute approximate surface area is 105 Å². The monoisotopic (exact) mass is 254 g/mol. The molecule has 1 saturated heterocycles. The summed E-state index contributed by atoms with van der Waals surface area (Å²) < 4.78 is 13.2. The number of piperidine rings is 1. The molecule has 17 heavy (non-hydrogen) atoms. The normalized spacial score (nSPS) is 20.4. The first kappa shape index (κ1) is 12.3. The average molecular weight is 254 g/mol. The summed E-state index contributed by atoms with van der Waals surface area (Å²) in [6, 6.07) is 4.40. The van der Waals surface area contributed by atoms with Crippen LogP contribution in [-0.4, -0.2) is 29.3 Å². The van der Waals surface area contributed by atoms with Crippen molar-refractivity contribution in [3.05, 3.63) is 29.6 Å². The van der Waals surface area contributed by atoms with E-state index in [0.29, 0.717) is 12.1 Å². The quantitative estimate of drug-likeness (QED) is 0.784. The highest BCUT2D eigenvalue weighted by Gasteiger charge is 2.20. The van der Waals surface area contributed by atoms with Crippen LogP contribution in [0.1, 0.15) is 18.4 Å². The smallest absolute Gasteiger partial charge is 0.124 e. The number of halogens is 1. The van der Waals surface area contributed by atoms with Crippen LogP contribution in [0, 0.1) is 5.82 Å². The van der Waals surface area contributed by atoms with Crippen LogP contribution < -0.4 is 10.6 Å². The van der Waals surface area contributed by atoms with Crippen molar-refractivity contribution in [3.63, 3.8) is 0 Å². The van der Waals surface area contributed by atoms with Crippen LogP contribution in [0.4, 0.5) is 10.1 Å². The number of thiocarbonyl (C=S) groups is 1. The van der Waals surface area contributed by atoms with Crippen LogP contribution in [0.25, 0.3) is 0 Å². The lowest BCUT2D eigenvalue weighted by Gasteiger charge is -2.33. The fourth-order valence-corrected chi connectivity index (χ4v) is 2.32. The van der Waals surface area contributed by atoms with E-state index in [9.17, 15) is 9.50 Å². The highest BCUT2D eigenvalue weighted by molar-refractivity contribution is 7.80. The zero-order valence-electron chi connectivity index (χ0n) is 9.40. The lowest BCUT2D eigenvalue weighted by atomic mass is 10.1.